The summed E-state index contributed by atoms with van der Waals surface area (Å²) >= 11 is 4.11. The molecule has 3 heterocycles. The molecule has 0 saturated carbocycles. The minimum atomic E-state index is -1.18. The van der Waals surface area contributed by atoms with Crippen molar-refractivity contribution in [2.75, 3.05) is 29.6 Å². The van der Waals surface area contributed by atoms with E-state index in [1.807, 2.05) is 0 Å². The first-order valence-electron chi connectivity index (χ1n) is 8.73. The molecule has 1 aromatic rings. The number of oxime groups is 1. The van der Waals surface area contributed by atoms with Gasteiger partial charge in [-0.15, -0.1) is 29.7 Å². The topological polar surface area (TPSA) is 147 Å². The number of thioether (sulfide) groups is 2. The van der Waals surface area contributed by atoms with Crippen LogP contribution in [0.15, 0.2) is 35.0 Å². The van der Waals surface area contributed by atoms with Gasteiger partial charge in [0.2, 0.25) is 0 Å². The zero-order chi connectivity index (χ0) is 21.7. The van der Waals surface area contributed by atoms with Crippen molar-refractivity contribution in [2.45, 2.75) is 11.4 Å². The number of nitrogen functional groups attached to an aromatic ring is 1. The van der Waals surface area contributed by atoms with E-state index < -0.39 is 29.2 Å². The maximum Gasteiger partial charge on any atom is 0.352 e. The molecule has 1 saturated heterocycles. The Hall–Kier alpha value is -2.51. The van der Waals surface area contributed by atoms with Gasteiger partial charge in [0.05, 0.1) is 0 Å². The largest absolute Gasteiger partial charge is 0.477 e. The van der Waals surface area contributed by atoms with Crippen LogP contribution in [0.2, 0.25) is 0 Å². The van der Waals surface area contributed by atoms with Crippen molar-refractivity contribution in [3.05, 3.63) is 35.5 Å². The van der Waals surface area contributed by atoms with Crippen molar-refractivity contribution in [1.82, 2.24) is 15.2 Å². The first kappa shape index (κ1) is 22.2. The van der Waals surface area contributed by atoms with Gasteiger partial charge in [-0.1, -0.05) is 11.2 Å². The molecule has 1 fully saturated rings. The number of aliphatic carboxylic acids is 1. The Bertz CT molecular complexity index is 915. The van der Waals surface area contributed by atoms with Crippen LogP contribution in [0.1, 0.15) is 5.69 Å². The standard InChI is InChI=1S/C17H19N5O5S3/c1-2-5-28-7-4-27-21-11(9-8-30-17(18)19-9)13(23)20-12-14(24)22-10(16(25)26)3-6-29-15(12)22/h2-3,8,12,15H,1,4-7H2,(H2,18,19)(H,20,23)(H,25,26)/b21-11+. The molecule has 0 aromatic carbocycles. The molecule has 3 rings (SSSR count). The summed E-state index contributed by atoms with van der Waals surface area (Å²) in [7, 11) is 0. The van der Waals surface area contributed by atoms with Crippen LogP contribution in [-0.4, -0.2) is 73.8 Å². The zero-order valence-electron chi connectivity index (χ0n) is 15.6. The van der Waals surface area contributed by atoms with Gasteiger partial charge in [-0.2, -0.15) is 11.8 Å². The number of hydrogen-bond donors (Lipinski definition) is 3. The number of carbonyl (C=O) groups excluding carboxylic acids is 2. The van der Waals surface area contributed by atoms with Gasteiger partial charge < -0.3 is 21.0 Å². The Kier molecular flexibility index (Phi) is 7.39. The number of hydrogen-bond acceptors (Lipinski definition) is 10. The van der Waals surface area contributed by atoms with E-state index >= 15 is 0 Å². The number of amides is 2. The van der Waals surface area contributed by atoms with Crippen molar-refractivity contribution < 1.29 is 24.3 Å². The van der Waals surface area contributed by atoms with Gasteiger partial charge in [0.1, 0.15) is 29.4 Å². The number of anilines is 1. The maximum absolute atomic E-state index is 12.8. The molecule has 0 spiro atoms. The molecule has 2 aliphatic rings. The number of carboxylic acids is 1. The molecular formula is C17H19N5O5S3. The molecule has 0 bridgehead atoms. The fraction of sp³-hybridized carbons (Fsp3) is 0.353. The van der Waals surface area contributed by atoms with Crippen LogP contribution in [-0.2, 0) is 19.2 Å². The average Bonchev–Trinajstić information content (AvgIpc) is 3.16. The monoisotopic (exact) mass is 469 g/mol. The third-order valence-electron chi connectivity index (χ3n) is 4.04. The number of fused-ring (bicyclic) bond motifs is 1. The number of aromatic nitrogens is 1. The molecule has 4 N–H and O–H groups in total. The molecule has 2 atom stereocenters. The minimum absolute atomic E-state index is 0.0734. The molecule has 30 heavy (non-hydrogen) atoms. The summed E-state index contributed by atoms with van der Waals surface area (Å²) in [6.07, 6.45) is 3.25. The number of rotatable bonds is 10. The number of carbonyl (C=O) groups is 3. The predicted octanol–water partition coefficient (Wildman–Crippen LogP) is 0.734. The SMILES string of the molecule is C=CCSCCO/N=C(/C(=O)NC1C(=O)N2C(C(=O)O)=CCSC12)c1csc(N)n1. The molecule has 2 amide bonds. The van der Waals surface area contributed by atoms with Crippen LogP contribution in [0, 0.1) is 0 Å². The molecule has 13 heteroatoms. The van der Waals surface area contributed by atoms with Crippen LogP contribution < -0.4 is 11.1 Å². The summed E-state index contributed by atoms with van der Waals surface area (Å²) in [5, 5.41) is 17.1. The van der Waals surface area contributed by atoms with Crippen LogP contribution in [0.4, 0.5) is 5.13 Å². The highest BCUT2D eigenvalue weighted by atomic mass is 32.2. The molecule has 2 aliphatic heterocycles. The summed E-state index contributed by atoms with van der Waals surface area (Å²) in [5.41, 5.74) is 5.72. The van der Waals surface area contributed by atoms with Crippen molar-refractivity contribution >= 4 is 63.5 Å². The van der Waals surface area contributed by atoms with Crippen molar-refractivity contribution in [1.29, 1.82) is 0 Å². The third-order valence-corrected chi connectivity index (χ3v) is 6.83. The second-order valence-corrected chi connectivity index (χ2v) is 9.17. The Morgan fingerprint density at radius 1 is 1.57 bits per heavy atom. The highest BCUT2D eigenvalue weighted by Gasteiger charge is 2.53. The molecule has 160 valence electrons. The summed E-state index contributed by atoms with van der Waals surface area (Å²) in [6, 6.07) is -0.866. The normalized spacial score (nSPS) is 20.7. The van der Waals surface area contributed by atoms with Gasteiger partial charge in [-0.05, 0) is 6.08 Å². The van der Waals surface area contributed by atoms with Crippen molar-refractivity contribution in [3.63, 3.8) is 0 Å². The Morgan fingerprint density at radius 2 is 2.37 bits per heavy atom. The lowest BCUT2D eigenvalue weighted by atomic mass is 10.0. The van der Waals surface area contributed by atoms with E-state index in [1.165, 1.54) is 22.7 Å². The van der Waals surface area contributed by atoms with Crippen LogP contribution in [0.3, 0.4) is 0 Å². The number of nitrogens with one attached hydrogen (secondary N) is 1. The first-order chi connectivity index (χ1) is 14.4. The lowest BCUT2D eigenvalue weighted by Gasteiger charge is -2.48. The molecular weight excluding hydrogens is 450 g/mol. The summed E-state index contributed by atoms with van der Waals surface area (Å²) < 4.78 is 0. The predicted molar refractivity (Wildman–Crippen MR) is 117 cm³/mol. The van der Waals surface area contributed by atoms with Crippen molar-refractivity contribution in [2.24, 2.45) is 5.16 Å². The number of thiazole rings is 1. The highest BCUT2D eigenvalue weighted by molar-refractivity contribution is 8.00. The van der Waals surface area contributed by atoms with Gasteiger partial charge in [-0.25, -0.2) is 9.78 Å². The Morgan fingerprint density at radius 3 is 3.03 bits per heavy atom. The van der Waals surface area contributed by atoms with Gasteiger partial charge in [0.15, 0.2) is 10.8 Å². The number of nitrogens with zero attached hydrogens (tertiary/aromatic N) is 3. The second-order valence-electron chi connectivity index (χ2n) is 5.99. The van der Waals surface area contributed by atoms with Gasteiger partial charge in [0.25, 0.3) is 11.8 Å². The van der Waals surface area contributed by atoms with E-state index in [4.69, 9.17) is 10.6 Å². The fourth-order valence-electron chi connectivity index (χ4n) is 2.72. The number of nitrogens with two attached hydrogens (primary N) is 1. The number of β-lactam (4-membered cyclic amide) rings is 1. The van der Waals surface area contributed by atoms with E-state index in [2.05, 4.69) is 22.0 Å². The van der Waals surface area contributed by atoms with E-state index in [-0.39, 0.29) is 28.8 Å². The molecule has 2 unspecified atom stereocenters. The molecule has 1 aromatic heterocycles. The molecule has 0 aliphatic carbocycles. The van der Waals surface area contributed by atoms with Crippen LogP contribution >= 0.6 is 34.9 Å². The Balaban J connectivity index is 1.68. The Labute approximate surface area is 184 Å². The smallest absolute Gasteiger partial charge is 0.352 e. The molecule has 0 radical (unpaired) electrons. The lowest BCUT2D eigenvalue weighted by Crippen LogP contribution is -2.70. The van der Waals surface area contributed by atoms with Crippen LogP contribution in [0.5, 0.6) is 0 Å². The fourth-order valence-corrected chi connectivity index (χ4v) is 4.99. The number of carboxylic acid groups (broad SMARTS) is 1. The first-order valence-corrected chi connectivity index (χ1v) is 11.8. The van der Waals surface area contributed by atoms with Gasteiger partial charge in [0, 0.05) is 22.6 Å². The van der Waals surface area contributed by atoms with Gasteiger partial charge in [-0.3, -0.25) is 14.5 Å². The van der Waals surface area contributed by atoms with E-state index in [0.717, 1.165) is 17.1 Å². The highest BCUT2D eigenvalue weighted by Crippen LogP contribution is 2.37. The van der Waals surface area contributed by atoms with Gasteiger partial charge >= 0.3 is 5.97 Å². The van der Waals surface area contributed by atoms with E-state index in [0.29, 0.717) is 11.5 Å². The van der Waals surface area contributed by atoms with E-state index in [1.54, 1.807) is 23.2 Å². The zero-order valence-corrected chi connectivity index (χ0v) is 18.1. The molecule has 10 nitrogen and oxygen atoms in total. The summed E-state index contributed by atoms with van der Waals surface area (Å²) in [5.74, 6) is -0.464. The van der Waals surface area contributed by atoms with Crippen molar-refractivity contribution in [3.8, 4) is 0 Å². The summed E-state index contributed by atoms with van der Waals surface area (Å²) in [6.45, 7) is 3.91. The van der Waals surface area contributed by atoms with E-state index in [9.17, 15) is 19.5 Å². The second kappa shape index (κ2) is 10.00. The lowest BCUT2D eigenvalue weighted by molar-refractivity contribution is -0.150. The minimum Gasteiger partial charge on any atom is -0.477 e. The summed E-state index contributed by atoms with van der Waals surface area (Å²) in [4.78, 5) is 47.1. The average molecular weight is 470 g/mol. The quantitative estimate of drug-likeness (QED) is 0.148. The van der Waals surface area contributed by atoms with Crippen LogP contribution in [0.25, 0.3) is 0 Å². The maximum atomic E-state index is 12.8. The third kappa shape index (κ3) is 4.79.